The van der Waals surface area contributed by atoms with Crippen molar-refractivity contribution in [3.05, 3.63) is 78.6 Å². The van der Waals surface area contributed by atoms with Crippen LogP contribution in [0.5, 0.6) is 5.75 Å². The molecule has 5 aromatic rings. The second kappa shape index (κ2) is 12.5. The molecule has 0 spiro atoms. The van der Waals surface area contributed by atoms with Crippen molar-refractivity contribution in [1.82, 2.24) is 14.6 Å². The Morgan fingerprint density at radius 2 is 1.49 bits per heavy atom. The molecule has 1 saturated heterocycles. The van der Waals surface area contributed by atoms with Crippen LogP contribution in [0.4, 0.5) is 32.0 Å². The van der Waals surface area contributed by atoms with E-state index in [2.05, 4.69) is 9.88 Å². The molecular weight excluding hydrogens is 682 g/mol. The molecule has 49 heavy (non-hydrogen) atoms. The van der Waals surface area contributed by atoms with E-state index in [9.17, 15) is 44.3 Å². The van der Waals surface area contributed by atoms with Crippen LogP contribution in [0, 0.1) is 0 Å². The molecule has 0 amide bonds. The highest BCUT2D eigenvalue weighted by molar-refractivity contribution is 7.90. The fourth-order valence-corrected chi connectivity index (χ4v) is 6.47. The maximum Gasteiger partial charge on any atom is 0.493 e. The summed E-state index contributed by atoms with van der Waals surface area (Å²) in [4.78, 5) is 36.0. The summed E-state index contributed by atoms with van der Waals surface area (Å²) in [7, 11) is -3.69. The van der Waals surface area contributed by atoms with Crippen LogP contribution in [-0.4, -0.2) is 79.8 Å². The number of halogens is 6. The first-order chi connectivity index (χ1) is 23.0. The fraction of sp³-hybridized carbons (Fsp3) is 0.250. The van der Waals surface area contributed by atoms with E-state index >= 15 is 0 Å². The molecule has 1 aliphatic rings. The number of carbonyl (C=O) groups is 2. The smallest absolute Gasteiger partial charge is 0.419 e. The Kier molecular flexibility index (Phi) is 8.60. The Bertz CT molecular complexity index is 2170. The van der Waals surface area contributed by atoms with Crippen LogP contribution in [0.25, 0.3) is 32.9 Å². The van der Waals surface area contributed by atoms with Crippen LogP contribution in [0.15, 0.2) is 77.8 Å². The van der Waals surface area contributed by atoms with Gasteiger partial charge in [-0.2, -0.15) is 31.1 Å². The number of H-pyrrole nitrogens is 1. The lowest BCUT2D eigenvalue weighted by Gasteiger charge is -2.36. The van der Waals surface area contributed by atoms with E-state index in [4.69, 9.17) is 9.57 Å². The fourth-order valence-electron chi connectivity index (χ4n) is 5.84. The van der Waals surface area contributed by atoms with Crippen molar-refractivity contribution in [2.24, 2.45) is 0 Å². The van der Waals surface area contributed by atoms with Gasteiger partial charge in [0.2, 0.25) is 0 Å². The van der Waals surface area contributed by atoms with Crippen LogP contribution in [0.2, 0.25) is 0 Å². The van der Waals surface area contributed by atoms with Crippen molar-refractivity contribution in [2.45, 2.75) is 23.8 Å². The van der Waals surface area contributed by atoms with Crippen molar-refractivity contribution in [2.75, 3.05) is 37.3 Å². The molecule has 10 nitrogen and oxygen atoms in total. The molecular formula is C32H26F6N4O6S. The quantitative estimate of drug-likeness (QED) is 0.134. The number of anilines is 1. The maximum atomic E-state index is 13.5. The minimum atomic E-state index is -5.45. The van der Waals surface area contributed by atoms with E-state index in [0.717, 1.165) is 35.0 Å². The van der Waals surface area contributed by atoms with Crippen molar-refractivity contribution in [3.8, 4) is 16.9 Å². The molecule has 258 valence electrons. The Morgan fingerprint density at radius 1 is 0.837 bits per heavy atom. The first kappa shape index (κ1) is 33.9. The molecule has 0 atom stereocenters. The average molecular weight is 709 g/mol. The summed E-state index contributed by atoms with van der Waals surface area (Å²) in [5.74, 6) is -5.87. The lowest BCUT2D eigenvalue weighted by Crippen LogP contribution is -2.46. The number of aromatic amines is 1. The Hall–Kier alpha value is -5.03. The van der Waals surface area contributed by atoms with Gasteiger partial charge >= 0.3 is 24.3 Å². The highest BCUT2D eigenvalue weighted by Gasteiger charge is 2.44. The predicted octanol–water partition coefficient (Wildman–Crippen LogP) is 5.50. The molecule has 0 radical (unpaired) electrons. The van der Waals surface area contributed by atoms with E-state index in [1.807, 2.05) is 35.4 Å². The summed E-state index contributed by atoms with van der Waals surface area (Å²) in [5.41, 5.74) is 1.62. The molecule has 2 aromatic heterocycles. The lowest BCUT2D eigenvalue weighted by molar-refractivity contribution is -0.199. The van der Waals surface area contributed by atoms with E-state index in [1.165, 1.54) is 30.3 Å². The van der Waals surface area contributed by atoms with Crippen LogP contribution in [0.1, 0.15) is 5.69 Å². The minimum Gasteiger partial charge on any atom is -0.419 e. The number of benzene rings is 3. The maximum absolute atomic E-state index is 13.5. The summed E-state index contributed by atoms with van der Waals surface area (Å²) in [6.45, 7) is 1.55. The number of rotatable bonds is 7. The van der Waals surface area contributed by atoms with Gasteiger partial charge in [0.15, 0.2) is 9.84 Å². The van der Waals surface area contributed by atoms with Gasteiger partial charge in [-0.25, -0.2) is 18.0 Å². The first-order valence-electron chi connectivity index (χ1n) is 14.6. The summed E-state index contributed by atoms with van der Waals surface area (Å²) < 4.78 is 110. The minimum absolute atomic E-state index is 0.0323. The third kappa shape index (κ3) is 6.80. The third-order valence-corrected chi connectivity index (χ3v) is 9.20. The second-order valence-electron chi connectivity index (χ2n) is 11.3. The molecule has 3 aromatic carbocycles. The molecule has 1 N–H and O–H groups in total. The molecule has 0 aliphatic carbocycles. The zero-order chi connectivity index (χ0) is 35.3. The molecule has 0 unspecified atom stereocenters. The third-order valence-electron chi connectivity index (χ3n) is 8.08. The van der Waals surface area contributed by atoms with Gasteiger partial charge in [0, 0.05) is 67.3 Å². The number of esters is 1. The van der Waals surface area contributed by atoms with Gasteiger partial charge in [0.05, 0.1) is 21.5 Å². The average Bonchev–Trinajstić information content (AvgIpc) is 3.64. The molecule has 1 aliphatic heterocycles. The number of hydrogen-bond donors (Lipinski definition) is 1. The zero-order valence-corrected chi connectivity index (χ0v) is 26.2. The standard InChI is InChI=1S/C32H26F6N4O6S/c1-49(45,46)20-10-8-19(9-11-20)27-25(18-40-14-16-41(17-15-40)23-5-2-4-22-21(23)12-13-39-22)42(48-30(44)32(36,37)38)24-6-3-7-26(28(24)27)47-29(43)31(33,34)35/h2-13,39H,14-18H2,1H3. The normalized spacial score (nSPS) is 14.8. The van der Waals surface area contributed by atoms with Crippen molar-refractivity contribution < 1.29 is 53.9 Å². The van der Waals surface area contributed by atoms with Crippen LogP contribution in [0.3, 0.4) is 0 Å². The van der Waals surface area contributed by atoms with Crippen molar-refractivity contribution >= 4 is 49.3 Å². The SMILES string of the molecule is CS(=O)(=O)c1ccc(-c2c(CN3CCN(c4cccc5[nH]ccc45)CC3)n(OC(=O)C(F)(F)F)c3cccc(OC(=O)C(F)(F)F)c23)cc1. The van der Waals surface area contributed by atoms with Crippen LogP contribution >= 0.6 is 0 Å². The van der Waals surface area contributed by atoms with E-state index in [0.29, 0.717) is 30.9 Å². The topological polar surface area (TPSA) is 114 Å². The molecule has 0 saturated carbocycles. The van der Waals surface area contributed by atoms with Gasteiger partial charge in [-0.05, 0) is 48.0 Å². The molecule has 0 bridgehead atoms. The van der Waals surface area contributed by atoms with Crippen molar-refractivity contribution in [1.29, 1.82) is 0 Å². The number of aromatic nitrogens is 2. The van der Waals surface area contributed by atoms with Crippen LogP contribution < -0.4 is 14.5 Å². The van der Waals surface area contributed by atoms with Gasteiger partial charge in [0.1, 0.15) is 5.75 Å². The lowest BCUT2D eigenvalue weighted by atomic mass is 10.0. The summed E-state index contributed by atoms with van der Waals surface area (Å²) in [6.07, 6.45) is -8.09. The van der Waals surface area contributed by atoms with E-state index in [1.54, 1.807) is 0 Å². The Morgan fingerprint density at radius 3 is 2.12 bits per heavy atom. The van der Waals surface area contributed by atoms with Gasteiger partial charge in [-0.1, -0.05) is 24.3 Å². The molecule has 1 fully saturated rings. The number of nitrogens with one attached hydrogen (secondary N) is 1. The summed E-state index contributed by atoms with van der Waals surface area (Å²) in [5, 5.41) is 0.728. The van der Waals surface area contributed by atoms with Gasteiger partial charge in [-0.3, -0.25) is 4.90 Å². The highest BCUT2D eigenvalue weighted by atomic mass is 32.2. The first-order valence-corrected chi connectivity index (χ1v) is 16.5. The monoisotopic (exact) mass is 708 g/mol. The van der Waals surface area contributed by atoms with Gasteiger partial charge in [0.25, 0.3) is 0 Å². The summed E-state index contributed by atoms with van der Waals surface area (Å²) >= 11 is 0. The largest absolute Gasteiger partial charge is 0.493 e. The Balaban J connectivity index is 1.47. The second-order valence-corrected chi connectivity index (χ2v) is 13.3. The number of hydrogen-bond acceptors (Lipinski definition) is 8. The predicted molar refractivity (Wildman–Crippen MR) is 166 cm³/mol. The van der Waals surface area contributed by atoms with E-state index < -0.39 is 39.9 Å². The zero-order valence-electron chi connectivity index (χ0n) is 25.4. The summed E-state index contributed by atoms with van der Waals surface area (Å²) in [6, 6.07) is 16.1. The number of ether oxygens (including phenoxy) is 1. The van der Waals surface area contributed by atoms with Gasteiger partial charge in [-0.15, -0.1) is 0 Å². The number of fused-ring (bicyclic) bond motifs is 2. The number of sulfone groups is 1. The number of carbonyl (C=O) groups excluding carboxylic acids is 2. The molecule has 17 heteroatoms. The number of alkyl halides is 6. The Labute approximate surface area is 274 Å². The van der Waals surface area contributed by atoms with Crippen molar-refractivity contribution in [3.63, 3.8) is 0 Å². The highest BCUT2D eigenvalue weighted by Crippen LogP contribution is 2.42. The number of nitrogens with zero attached hydrogens (tertiary/aromatic N) is 3. The molecule has 6 rings (SSSR count). The van der Waals surface area contributed by atoms with Gasteiger partial charge < -0.3 is 19.5 Å². The molecule has 3 heterocycles. The number of piperazine rings is 1. The van der Waals surface area contributed by atoms with E-state index in [-0.39, 0.29) is 39.2 Å². The van der Waals surface area contributed by atoms with Crippen LogP contribution in [-0.2, 0) is 26.0 Å².